The van der Waals surface area contributed by atoms with E-state index < -0.39 is 0 Å². The molecule has 8 heteroatoms. The number of nitrogens with zero attached hydrogens (tertiary/aromatic N) is 5. The molecule has 8 nitrogen and oxygen atoms in total. The molecule has 3 heterocycles. The van der Waals surface area contributed by atoms with Gasteiger partial charge in [-0.05, 0) is 24.5 Å². The Balaban J connectivity index is 1.80. The Morgan fingerprint density at radius 3 is 2.66 bits per heavy atom. The molecule has 0 radical (unpaired) electrons. The highest BCUT2D eigenvalue weighted by molar-refractivity contribution is 5.77. The summed E-state index contributed by atoms with van der Waals surface area (Å²) in [4.78, 5) is 33.3. The number of aryl methyl sites for hydroxylation is 1. The van der Waals surface area contributed by atoms with Crippen LogP contribution >= 0.6 is 0 Å². The van der Waals surface area contributed by atoms with Crippen LogP contribution in [0.3, 0.4) is 0 Å². The number of hydrogen-bond donors (Lipinski definition) is 0. The molecule has 1 aliphatic rings. The van der Waals surface area contributed by atoms with Gasteiger partial charge in [0.15, 0.2) is 11.2 Å². The number of imidazole rings is 1. The summed E-state index contributed by atoms with van der Waals surface area (Å²) in [6.45, 7) is 6.25. The van der Waals surface area contributed by atoms with Crippen molar-refractivity contribution >= 4 is 22.8 Å². The Labute approximate surface area is 188 Å². The highest BCUT2D eigenvalue weighted by atomic mass is 16.5. The average molecular weight is 440 g/mol. The van der Waals surface area contributed by atoms with Crippen LogP contribution in [0, 0.1) is 5.92 Å². The van der Waals surface area contributed by atoms with E-state index >= 15 is 0 Å². The molecule has 0 amide bonds. The molecular weight excluding hydrogens is 406 g/mol. The van der Waals surface area contributed by atoms with E-state index in [9.17, 15) is 9.59 Å². The van der Waals surface area contributed by atoms with Crippen molar-refractivity contribution in [3.8, 4) is 5.75 Å². The van der Waals surface area contributed by atoms with Crippen molar-refractivity contribution in [2.24, 2.45) is 13.0 Å². The fraction of sp³-hybridized carbons (Fsp3) is 0.542. The first kappa shape index (κ1) is 22.2. The minimum absolute atomic E-state index is 0.239. The third kappa shape index (κ3) is 3.94. The molecule has 1 unspecified atom stereocenters. The van der Waals surface area contributed by atoms with Gasteiger partial charge in [-0.3, -0.25) is 13.9 Å². The number of fused-ring (bicyclic) bond motifs is 3. The molecule has 0 saturated carbocycles. The molecule has 0 fully saturated rings. The Morgan fingerprint density at radius 2 is 1.91 bits per heavy atom. The molecule has 172 valence electrons. The van der Waals surface area contributed by atoms with Crippen molar-refractivity contribution in [3.05, 3.63) is 45.1 Å². The lowest BCUT2D eigenvalue weighted by Crippen LogP contribution is -2.40. The molecule has 1 aliphatic heterocycles. The second-order valence-corrected chi connectivity index (χ2v) is 8.82. The van der Waals surface area contributed by atoms with Gasteiger partial charge < -0.3 is 14.2 Å². The highest BCUT2D eigenvalue weighted by Gasteiger charge is 2.30. The lowest BCUT2D eigenvalue weighted by molar-refractivity contribution is 0.414. The summed E-state index contributed by atoms with van der Waals surface area (Å²) < 4.78 is 10.3. The van der Waals surface area contributed by atoms with E-state index in [1.807, 2.05) is 28.8 Å². The third-order valence-electron chi connectivity index (χ3n) is 6.29. The molecule has 1 atom stereocenters. The van der Waals surface area contributed by atoms with Gasteiger partial charge in [0, 0.05) is 38.4 Å². The van der Waals surface area contributed by atoms with E-state index in [0.29, 0.717) is 36.1 Å². The number of hydrogen-bond acceptors (Lipinski definition) is 5. The number of rotatable bonds is 8. The van der Waals surface area contributed by atoms with Crippen LogP contribution in [0.25, 0.3) is 11.2 Å². The van der Waals surface area contributed by atoms with Crippen molar-refractivity contribution in [1.29, 1.82) is 0 Å². The van der Waals surface area contributed by atoms with Gasteiger partial charge >= 0.3 is 5.69 Å². The van der Waals surface area contributed by atoms with Crippen molar-refractivity contribution < 1.29 is 4.74 Å². The van der Waals surface area contributed by atoms with E-state index in [1.165, 1.54) is 15.6 Å². The van der Waals surface area contributed by atoms with Gasteiger partial charge in [0.25, 0.3) is 5.56 Å². The summed E-state index contributed by atoms with van der Waals surface area (Å²) in [5.74, 6) is 1.77. The van der Waals surface area contributed by atoms with Crippen molar-refractivity contribution in [1.82, 2.24) is 18.7 Å². The molecule has 32 heavy (non-hydrogen) atoms. The minimum atomic E-state index is -0.297. The molecule has 4 rings (SSSR count). The van der Waals surface area contributed by atoms with Gasteiger partial charge in [0.05, 0.1) is 7.11 Å². The van der Waals surface area contributed by atoms with Crippen LogP contribution < -0.4 is 20.9 Å². The number of benzene rings is 1. The standard InChI is InChI=1S/C24H33N5O3/c1-5-6-7-8-9-13-27-22(30)20-21(26(3)24(27)31)25-23-28(15-17(2)16-29(20)23)18-11-10-12-19(14-18)32-4/h10-12,14,17H,5-9,13,15-16H2,1-4H3. The summed E-state index contributed by atoms with van der Waals surface area (Å²) >= 11 is 0. The van der Waals surface area contributed by atoms with E-state index in [1.54, 1.807) is 14.2 Å². The predicted octanol–water partition coefficient (Wildman–Crippen LogP) is 3.66. The second-order valence-electron chi connectivity index (χ2n) is 8.82. The van der Waals surface area contributed by atoms with Crippen LogP contribution in [0.15, 0.2) is 33.9 Å². The Hall–Kier alpha value is -3.03. The lowest BCUT2D eigenvalue weighted by atomic mass is 10.1. The van der Waals surface area contributed by atoms with Crippen molar-refractivity contribution in [2.75, 3.05) is 18.6 Å². The monoisotopic (exact) mass is 439 g/mol. The maximum absolute atomic E-state index is 13.5. The number of anilines is 2. The summed E-state index contributed by atoms with van der Waals surface area (Å²) in [6.07, 6.45) is 5.32. The Kier molecular flexibility index (Phi) is 6.39. The fourth-order valence-corrected chi connectivity index (χ4v) is 4.57. The van der Waals surface area contributed by atoms with Crippen molar-refractivity contribution in [2.45, 2.75) is 59.0 Å². The van der Waals surface area contributed by atoms with Gasteiger partial charge in [-0.25, -0.2) is 4.79 Å². The normalized spacial score (nSPS) is 15.9. The lowest BCUT2D eigenvalue weighted by Gasteiger charge is -2.33. The summed E-state index contributed by atoms with van der Waals surface area (Å²) in [5.41, 5.74) is 1.37. The molecular formula is C24H33N5O3. The van der Waals surface area contributed by atoms with Gasteiger partial charge in [-0.15, -0.1) is 0 Å². The second kappa shape index (κ2) is 9.22. The predicted molar refractivity (Wildman–Crippen MR) is 127 cm³/mol. The van der Waals surface area contributed by atoms with Crippen LogP contribution in [0.5, 0.6) is 5.75 Å². The molecule has 1 aromatic carbocycles. The summed E-state index contributed by atoms with van der Waals surface area (Å²) in [5, 5.41) is 0. The largest absolute Gasteiger partial charge is 0.497 e. The van der Waals surface area contributed by atoms with Gasteiger partial charge in [0.2, 0.25) is 5.95 Å². The first-order valence-corrected chi connectivity index (χ1v) is 11.6. The molecule has 0 spiro atoms. The van der Waals surface area contributed by atoms with Crippen LogP contribution in [0.1, 0.15) is 46.0 Å². The van der Waals surface area contributed by atoms with Crippen LogP contribution in [0.2, 0.25) is 0 Å². The molecule has 0 N–H and O–H groups in total. The number of methoxy groups -OCH3 is 1. The van der Waals surface area contributed by atoms with Gasteiger partial charge in [0.1, 0.15) is 5.75 Å². The van der Waals surface area contributed by atoms with Crippen LogP contribution in [-0.2, 0) is 20.1 Å². The van der Waals surface area contributed by atoms with Crippen LogP contribution in [-0.4, -0.2) is 32.3 Å². The quantitative estimate of drug-likeness (QED) is 0.501. The first-order chi connectivity index (χ1) is 15.5. The first-order valence-electron chi connectivity index (χ1n) is 11.6. The maximum Gasteiger partial charge on any atom is 0.332 e. The molecule has 2 aromatic heterocycles. The van der Waals surface area contributed by atoms with Crippen molar-refractivity contribution in [3.63, 3.8) is 0 Å². The number of unbranched alkanes of at least 4 members (excludes halogenated alkanes) is 4. The molecule has 3 aromatic rings. The Morgan fingerprint density at radius 1 is 1.12 bits per heavy atom. The summed E-state index contributed by atoms with van der Waals surface area (Å²) in [7, 11) is 3.35. The minimum Gasteiger partial charge on any atom is -0.497 e. The van der Waals surface area contributed by atoms with E-state index in [4.69, 9.17) is 9.72 Å². The zero-order valence-corrected chi connectivity index (χ0v) is 19.5. The maximum atomic E-state index is 13.5. The van der Waals surface area contributed by atoms with E-state index in [0.717, 1.165) is 43.7 Å². The fourth-order valence-electron chi connectivity index (χ4n) is 4.57. The highest BCUT2D eigenvalue weighted by Crippen LogP contribution is 2.34. The molecule has 0 aliphatic carbocycles. The smallest absolute Gasteiger partial charge is 0.332 e. The Bertz CT molecular complexity index is 1220. The topological polar surface area (TPSA) is 74.3 Å². The average Bonchev–Trinajstić information content (AvgIpc) is 3.18. The SMILES string of the molecule is CCCCCCCn1c(=O)c2c(nc3n2CC(C)CN3c2cccc(OC)c2)n(C)c1=O. The van der Waals surface area contributed by atoms with Crippen LogP contribution in [0.4, 0.5) is 11.6 Å². The van der Waals surface area contributed by atoms with Gasteiger partial charge in [-0.2, -0.15) is 4.98 Å². The van der Waals surface area contributed by atoms with E-state index in [2.05, 4.69) is 18.7 Å². The zero-order chi connectivity index (χ0) is 22.8. The van der Waals surface area contributed by atoms with E-state index in [-0.39, 0.29) is 11.2 Å². The molecule has 0 bridgehead atoms. The third-order valence-corrected chi connectivity index (χ3v) is 6.29. The van der Waals surface area contributed by atoms with Gasteiger partial charge in [-0.1, -0.05) is 45.6 Å². The summed E-state index contributed by atoms with van der Waals surface area (Å²) in [6, 6.07) is 7.83. The number of ether oxygens (including phenoxy) is 1. The zero-order valence-electron chi connectivity index (χ0n) is 19.5. The number of aromatic nitrogens is 4. The molecule has 0 saturated heterocycles.